The third-order valence-electron chi connectivity index (χ3n) is 2.35. The van der Waals surface area contributed by atoms with Crippen LogP contribution in [0.25, 0.3) is 0 Å². The Hall–Kier alpha value is -1.03. The van der Waals surface area contributed by atoms with Gasteiger partial charge in [-0.05, 0) is 19.8 Å². The maximum Gasteiger partial charge on any atom is 0.157 e. The molecule has 4 nitrogen and oxygen atoms in total. The van der Waals surface area contributed by atoms with Crippen LogP contribution in [0.4, 0.5) is 0 Å². The minimum Gasteiger partial charge on any atom is -0.485 e. The second-order valence-corrected chi connectivity index (χ2v) is 3.49. The van der Waals surface area contributed by atoms with E-state index < -0.39 is 0 Å². The molecule has 1 aromatic heterocycles. The van der Waals surface area contributed by atoms with Crippen molar-refractivity contribution in [2.75, 3.05) is 13.2 Å². The fourth-order valence-electron chi connectivity index (χ4n) is 1.57. The largest absolute Gasteiger partial charge is 0.485 e. The second-order valence-electron chi connectivity index (χ2n) is 3.49. The van der Waals surface area contributed by atoms with Crippen LogP contribution in [0.1, 0.15) is 19.8 Å². The van der Waals surface area contributed by atoms with E-state index >= 15 is 0 Å². The van der Waals surface area contributed by atoms with Gasteiger partial charge in [0.15, 0.2) is 5.75 Å². The van der Waals surface area contributed by atoms with E-state index in [0.29, 0.717) is 6.61 Å². The fraction of sp³-hybridized carbons (Fsp3) is 0.700. The summed E-state index contributed by atoms with van der Waals surface area (Å²) in [5.41, 5.74) is 0. The molecule has 78 valence electrons. The molecular weight excluding hydrogens is 180 g/mol. The lowest BCUT2D eigenvalue weighted by atomic mass is 10.2. The Morgan fingerprint density at radius 2 is 2.64 bits per heavy atom. The number of aryl methyl sites for hydroxylation is 1. The van der Waals surface area contributed by atoms with E-state index in [0.717, 1.165) is 31.7 Å². The lowest BCUT2D eigenvalue weighted by molar-refractivity contribution is 0.00739. The van der Waals surface area contributed by atoms with Crippen LogP contribution in [0.15, 0.2) is 12.4 Å². The average molecular weight is 196 g/mol. The Labute approximate surface area is 83.8 Å². The van der Waals surface area contributed by atoms with Gasteiger partial charge in [-0.3, -0.25) is 4.68 Å². The van der Waals surface area contributed by atoms with Crippen molar-refractivity contribution in [1.82, 2.24) is 9.78 Å². The standard InChI is InChI=1S/C10H16N2O2/c1-2-12-7-10(6-11-12)14-9-4-3-5-13-8-9/h6-7,9H,2-5,8H2,1H3. The molecule has 0 bridgehead atoms. The van der Waals surface area contributed by atoms with Gasteiger partial charge in [-0.15, -0.1) is 0 Å². The first-order valence-electron chi connectivity index (χ1n) is 5.15. The van der Waals surface area contributed by atoms with Gasteiger partial charge in [-0.2, -0.15) is 5.10 Å². The first-order chi connectivity index (χ1) is 6.88. The minimum absolute atomic E-state index is 0.207. The molecule has 0 spiro atoms. The van der Waals surface area contributed by atoms with Gasteiger partial charge in [-0.25, -0.2) is 0 Å². The molecule has 1 fully saturated rings. The molecule has 1 saturated heterocycles. The highest BCUT2D eigenvalue weighted by atomic mass is 16.5. The monoisotopic (exact) mass is 196 g/mol. The topological polar surface area (TPSA) is 36.3 Å². The zero-order chi connectivity index (χ0) is 9.80. The molecule has 4 heteroatoms. The molecule has 14 heavy (non-hydrogen) atoms. The van der Waals surface area contributed by atoms with E-state index in [2.05, 4.69) is 12.0 Å². The predicted octanol–water partition coefficient (Wildman–Crippen LogP) is 1.46. The maximum atomic E-state index is 5.73. The average Bonchev–Trinajstić information content (AvgIpc) is 2.67. The van der Waals surface area contributed by atoms with Crippen LogP contribution in [0.3, 0.4) is 0 Å². The first-order valence-corrected chi connectivity index (χ1v) is 5.15. The number of aromatic nitrogens is 2. The predicted molar refractivity (Wildman–Crippen MR) is 52.4 cm³/mol. The molecule has 0 N–H and O–H groups in total. The van der Waals surface area contributed by atoms with Gasteiger partial charge in [0.2, 0.25) is 0 Å². The van der Waals surface area contributed by atoms with E-state index in [-0.39, 0.29) is 6.10 Å². The molecule has 2 rings (SSSR count). The molecule has 1 unspecified atom stereocenters. The number of ether oxygens (including phenoxy) is 2. The van der Waals surface area contributed by atoms with Crippen molar-refractivity contribution in [3.8, 4) is 5.75 Å². The first kappa shape index (κ1) is 9.52. The van der Waals surface area contributed by atoms with Crippen molar-refractivity contribution >= 4 is 0 Å². The zero-order valence-corrected chi connectivity index (χ0v) is 8.48. The highest BCUT2D eigenvalue weighted by Gasteiger charge is 2.15. The zero-order valence-electron chi connectivity index (χ0n) is 8.48. The van der Waals surface area contributed by atoms with Crippen molar-refractivity contribution in [2.24, 2.45) is 0 Å². The van der Waals surface area contributed by atoms with Gasteiger partial charge in [0.05, 0.1) is 19.0 Å². The van der Waals surface area contributed by atoms with Crippen LogP contribution in [0.5, 0.6) is 5.75 Å². The van der Waals surface area contributed by atoms with Crippen LogP contribution in [-0.2, 0) is 11.3 Å². The Morgan fingerprint density at radius 3 is 3.29 bits per heavy atom. The van der Waals surface area contributed by atoms with Crippen LogP contribution in [-0.4, -0.2) is 29.1 Å². The van der Waals surface area contributed by atoms with E-state index in [1.165, 1.54) is 0 Å². The van der Waals surface area contributed by atoms with Crippen molar-refractivity contribution in [1.29, 1.82) is 0 Å². The summed E-state index contributed by atoms with van der Waals surface area (Å²) >= 11 is 0. The van der Waals surface area contributed by atoms with Gasteiger partial charge in [0, 0.05) is 13.2 Å². The summed E-state index contributed by atoms with van der Waals surface area (Å²) in [7, 11) is 0. The van der Waals surface area contributed by atoms with Gasteiger partial charge >= 0.3 is 0 Å². The summed E-state index contributed by atoms with van der Waals surface area (Å²) in [5, 5.41) is 4.15. The van der Waals surface area contributed by atoms with Gasteiger partial charge < -0.3 is 9.47 Å². The lowest BCUT2D eigenvalue weighted by Crippen LogP contribution is -2.27. The SMILES string of the molecule is CCn1cc(OC2CCCOC2)cn1. The fourth-order valence-corrected chi connectivity index (χ4v) is 1.57. The Kier molecular flexibility index (Phi) is 3.03. The summed E-state index contributed by atoms with van der Waals surface area (Å²) in [4.78, 5) is 0. The van der Waals surface area contributed by atoms with Crippen LogP contribution in [0, 0.1) is 0 Å². The Bertz CT molecular complexity index is 279. The molecule has 1 aliphatic heterocycles. The smallest absolute Gasteiger partial charge is 0.157 e. The van der Waals surface area contributed by atoms with Crippen LogP contribution >= 0.6 is 0 Å². The van der Waals surface area contributed by atoms with Gasteiger partial charge in [0.1, 0.15) is 6.10 Å². The third-order valence-corrected chi connectivity index (χ3v) is 2.35. The molecule has 1 aliphatic rings. The second kappa shape index (κ2) is 4.46. The molecule has 2 heterocycles. The molecule has 1 aromatic rings. The van der Waals surface area contributed by atoms with Crippen molar-refractivity contribution in [3.63, 3.8) is 0 Å². The molecule has 0 aromatic carbocycles. The highest BCUT2D eigenvalue weighted by molar-refractivity contribution is 5.12. The summed E-state index contributed by atoms with van der Waals surface area (Å²) in [6, 6.07) is 0. The molecule has 0 radical (unpaired) electrons. The maximum absolute atomic E-state index is 5.73. The van der Waals surface area contributed by atoms with Crippen LogP contribution < -0.4 is 4.74 Å². The molecule has 0 saturated carbocycles. The number of hydrogen-bond acceptors (Lipinski definition) is 3. The quantitative estimate of drug-likeness (QED) is 0.734. The van der Waals surface area contributed by atoms with E-state index in [1.54, 1.807) is 6.20 Å². The molecule has 1 atom stereocenters. The summed E-state index contributed by atoms with van der Waals surface area (Å²) in [5.74, 6) is 0.849. The molecular formula is C10H16N2O2. The van der Waals surface area contributed by atoms with Crippen molar-refractivity contribution in [3.05, 3.63) is 12.4 Å². The normalized spacial score (nSPS) is 22.2. The highest BCUT2D eigenvalue weighted by Crippen LogP contribution is 2.15. The summed E-state index contributed by atoms with van der Waals surface area (Å²) < 4.78 is 12.9. The number of rotatable bonds is 3. The van der Waals surface area contributed by atoms with Gasteiger partial charge in [0.25, 0.3) is 0 Å². The Balaban J connectivity index is 1.89. The van der Waals surface area contributed by atoms with Crippen molar-refractivity contribution in [2.45, 2.75) is 32.4 Å². The Morgan fingerprint density at radius 1 is 1.71 bits per heavy atom. The molecule has 0 aliphatic carbocycles. The van der Waals surface area contributed by atoms with Crippen molar-refractivity contribution < 1.29 is 9.47 Å². The van der Waals surface area contributed by atoms with Crippen LogP contribution in [0.2, 0.25) is 0 Å². The number of hydrogen-bond donors (Lipinski definition) is 0. The summed E-state index contributed by atoms with van der Waals surface area (Å²) in [6.07, 6.45) is 6.06. The third kappa shape index (κ3) is 2.26. The molecule has 0 amide bonds. The lowest BCUT2D eigenvalue weighted by Gasteiger charge is -2.22. The van der Waals surface area contributed by atoms with E-state index in [4.69, 9.17) is 9.47 Å². The summed E-state index contributed by atoms with van der Waals surface area (Å²) in [6.45, 7) is 4.51. The van der Waals surface area contributed by atoms with E-state index in [9.17, 15) is 0 Å². The minimum atomic E-state index is 0.207. The number of nitrogens with zero attached hydrogens (tertiary/aromatic N) is 2. The van der Waals surface area contributed by atoms with Gasteiger partial charge in [-0.1, -0.05) is 0 Å². The van der Waals surface area contributed by atoms with E-state index in [1.807, 2.05) is 10.9 Å².